The number of aromatic amines is 1. The van der Waals surface area contributed by atoms with Crippen molar-refractivity contribution in [3.8, 4) is 5.88 Å². The Morgan fingerprint density at radius 3 is 2.95 bits per heavy atom. The lowest BCUT2D eigenvalue weighted by Crippen LogP contribution is -2.06. The number of rotatable bonds is 1. The Balaban J connectivity index is 1.97. The molecule has 2 N–H and O–H groups in total. The van der Waals surface area contributed by atoms with Crippen molar-refractivity contribution in [1.29, 1.82) is 0 Å². The van der Waals surface area contributed by atoms with Gasteiger partial charge >= 0.3 is 0 Å². The number of fused-ring (bicyclic) bond motifs is 2. The number of aromatic hydroxyl groups is 1. The summed E-state index contributed by atoms with van der Waals surface area (Å²) in [6.45, 7) is 0. The summed E-state index contributed by atoms with van der Waals surface area (Å²) in [6.07, 6.45) is 1.91. The Morgan fingerprint density at radius 1 is 1.14 bits per heavy atom. The van der Waals surface area contributed by atoms with Crippen LogP contribution in [0.5, 0.6) is 5.88 Å². The van der Waals surface area contributed by atoms with Gasteiger partial charge in [-0.3, -0.25) is 0 Å². The second-order valence-electron chi connectivity index (χ2n) is 4.76. The normalized spacial score (nSPS) is 13.7. The van der Waals surface area contributed by atoms with Crippen molar-refractivity contribution in [3.63, 3.8) is 0 Å². The van der Waals surface area contributed by atoms with Crippen molar-refractivity contribution < 1.29 is 5.11 Å². The fraction of sp³-hybridized carbons (Fsp3) is 0. The fourth-order valence-electron chi connectivity index (χ4n) is 2.40. The van der Waals surface area contributed by atoms with Crippen LogP contribution in [0.25, 0.3) is 17.0 Å². The zero-order valence-corrected chi connectivity index (χ0v) is 12.3. The minimum absolute atomic E-state index is 0.148. The third-order valence-corrected chi connectivity index (χ3v) is 3.89. The van der Waals surface area contributed by atoms with E-state index in [0.717, 1.165) is 37.2 Å². The maximum Gasteiger partial charge on any atom is 0.196 e. The molecule has 0 fully saturated rings. The van der Waals surface area contributed by atoms with Gasteiger partial charge in [-0.1, -0.05) is 22.0 Å². The molecule has 0 amide bonds. The lowest BCUT2D eigenvalue weighted by Gasteiger charge is -1.95. The summed E-state index contributed by atoms with van der Waals surface area (Å²) in [6, 6.07) is 11.5. The van der Waals surface area contributed by atoms with Gasteiger partial charge in [-0.15, -0.1) is 10.2 Å². The van der Waals surface area contributed by atoms with Crippen LogP contribution in [0, 0.1) is 0 Å². The first-order valence-electron chi connectivity index (χ1n) is 6.31. The predicted molar refractivity (Wildman–Crippen MR) is 83.0 cm³/mol. The number of aromatic nitrogens is 1. The molecule has 21 heavy (non-hydrogen) atoms. The molecule has 0 atom stereocenters. The van der Waals surface area contributed by atoms with E-state index in [4.69, 9.17) is 0 Å². The van der Waals surface area contributed by atoms with Crippen molar-refractivity contribution in [3.05, 3.63) is 57.0 Å². The van der Waals surface area contributed by atoms with Crippen LogP contribution in [-0.2, 0) is 0 Å². The summed E-state index contributed by atoms with van der Waals surface area (Å²) in [5.74, 6) is 0.148. The molecule has 0 aliphatic carbocycles. The minimum Gasteiger partial charge on any atom is -0.494 e. The maximum atomic E-state index is 10.1. The third-order valence-electron chi connectivity index (χ3n) is 3.40. The number of nitrogens with zero attached hydrogens (tertiary/aromatic N) is 3. The average Bonchev–Trinajstić information content (AvgIpc) is 3.04. The second kappa shape index (κ2) is 4.53. The monoisotopic (exact) mass is 340 g/mol. The maximum absolute atomic E-state index is 10.1. The zero-order valence-electron chi connectivity index (χ0n) is 10.7. The molecule has 4 rings (SSSR count). The van der Waals surface area contributed by atoms with Gasteiger partial charge in [0.05, 0.1) is 0 Å². The molecule has 5 nitrogen and oxygen atoms in total. The van der Waals surface area contributed by atoms with Crippen molar-refractivity contribution in [2.75, 3.05) is 0 Å². The largest absolute Gasteiger partial charge is 0.494 e. The summed E-state index contributed by atoms with van der Waals surface area (Å²) < 4.78 is 0.963. The molecule has 102 valence electrons. The lowest BCUT2D eigenvalue weighted by molar-refractivity contribution is 0.457. The third kappa shape index (κ3) is 2.04. The Labute approximate surface area is 127 Å². The molecule has 1 aromatic heterocycles. The van der Waals surface area contributed by atoms with Gasteiger partial charge < -0.3 is 10.1 Å². The van der Waals surface area contributed by atoms with E-state index in [1.807, 2.05) is 42.5 Å². The molecule has 1 aliphatic heterocycles. The molecule has 0 radical (unpaired) electrons. The minimum atomic E-state index is 0.148. The summed E-state index contributed by atoms with van der Waals surface area (Å²) in [5, 5.41) is 24.3. The number of halogens is 1. The Morgan fingerprint density at radius 2 is 2.05 bits per heavy atom. The predicted octanol–water partition coefficient (Wildman–Crippen LogP) is 3.10. The summed E-state index contributed by atoms with van der Waals surface area (Å²) >= 11 is 3.45. The van der Waals surface area contributed by atoms with Gasteiger partial charge in [-0.2, -0.15) is 0 Å². The highest BCUT2D eigenvalue weighted by Gasteiger charge is 2.09. The summed E-state index contributed by atoms with van der Waals surface area (Å²) in [5.41, 5.74) is 2.38. The van der Waals surface area contributed by atoms with E-state index in [1.54, 1.807) is 0 Å². The molecular formula is C15H9BrN4O. The molecular weight excluding hydrogens is 332 g/mol. The number of hydrogen-bond acceptors (Lipinski definition) is 4. The first kappa shape index (κ1) is 12.3. The van der Waals surface area contributed by atoms with E-state index in [0.29, 0.717) is 0 Å². The van der Waals surface area contributed by atoms with Crippen LogP contribution < -0.4 is 10.6 Å². The Hall–Kier alpha value is -2.47. The Bertz CT molecular complexity index is 1020. The van der Waals surface area contributed by atoms with E-state index in [1.165, 1.54) is 0 Å². The van der Waals surface area contributed by atoms with Gasteiger partial charge in [0.2, 0.25) is 0 Å². The smallest absolute Gasteiger partial charge is 0.196 e. The SMILES string of the molecule is Oc1[nH]c2ccc(Br)cc2c1/C=c1\ccc2c(c1)N=NN=2. The highest BCUT2D eigenvalue weighted by atomic mass is 79.9. The molecule has 6 heteroatoms. The van der Waals surface area contributed by atoms with Crippen molar-refractivity contribution in [2.45, 2.75) is 0 Å². The standard InChI is InChI=1S/C15H9BrN4O/c16-9-2-4-12-10(7-9)11(15(21)17-12)5-8-1-3-13-14(6-8)19-20-18-13/h1-7,17,21H/b8-5+. The highest BCUT2D eigenvalue weighted by Crippen LogP contribution is 2.30. The van der Waals surface area contributed by atoms with Gasteiger partial charge in [0, 0.05) is 20.9 Å². The molecule has 2 aromatic carbocycles. The van der Waals surface area contributed by atoms with Crippen LogP contribution in [0.4, 0.5) is 5.69 Å². The molecule has 0 bridgehead atoms. The van der Waals surface area contributed by atoms with Crippen LogP contribution in [-0.4, -0.2) is 10.1 Å². The van der Waals surface area contributed by atoms with Crippen molar-refractivity contribution in [1.82, 2.24) is 4.98 Å². The quantitative estimate of drug-likeness (QED) is 0.701. The molecule has 0 saturated carbocycles. The van der Waals surface area contributed by atoms with E-state index in [-0.39, 0.29) is 5.88 Å². The van der Waals surface area contributed by atoms with Crippen LogP contribution in [0.1, 0.15) is 5.56 Å². The van der Waals surface area contributed by atoms with Gasteiger partial charge in [0.1, 0.15) is 11.0 Å². The van der Waals surface area contributed by atoms with Gasteiger partial charge in [-0.25, -0.2) is 0 Å². The van der Waals surface area contributed by atoms with Crippen LogP contribution in [0.15, 0.2) is 56.3 Å². The summed E-state index contributed by atoms with van der Waals surface area (Å²) in [7, 11) is 0. The van der Waals surface area contributed by atoms with Crippen LogP contribution in [0.2, 0.25) is 0 Å². The highest BCUT2D eigenvalue weighted by molar-refractivity contribution is 9.10. The zero-order chi connectivity index (χ0) is 14.4. The van der Waals surface area contributed by atoms with E-state index in [9.17, 15) is 5.11 Å². The van der Waals surface area contributed by atoms with E-state index in [2.05, 4.69) is 36.4 Å². The van der Waals surface area contributed by atoms with Gasteiger partial charge in [0.25, 0.3) is 0 Å². The number of hydrogen-bond donors (Lipinski definition) is 2. The number of H-pyrrole nitrogens is 1. The average molecular weight is 341 g/mol. The topological polar surface area (TPSA) is 73.1 Å². The van der Waals surface area contributed by atoms with Crippen LogP contribution in [0.3, 0.4) is 0 Å². The van der Waals surface area contributed by atoms with Gasteiger partial charge in [-0.05, 0) is 46.8 Å². The number of nitrogens with one attached hydrogen (secondary N) is 1. The fourth-order valence-corrected chi connectivity index (χ4v) is 2.76. The van der Waals surface area contributed by atoms with Crippen molar-refractivity contribution >= 4 is 38.6 Å². The molecule has 0 unspecified atom stereocenters. The molecule has 2 heterocycles. The first-order chi connectivity index (χ1) is 10.2. The Kier molecular flexibility index (Phi) is 2.65. The first-order valence-corrected chi connectivity index (χ1v) is 7.11. The second-order valence-corrected chi connectivity index (χ2v) is 5.67. The molecule has 1 aliphatic rings. The lowest BCUT2D eigenvalue weighted by atomic mass is 10.1. The molecule has 0 saturated heterocycles. The summed E-state index contributed by atoms with van der Waals surface area (Å²) in [4.78, 5) is 2.97. The van der Waals surface area contributed by atoms with E-state index >= 15 is 0 Å². The molecule has 3 aromatic rings. The molecule has 0 spiro atoms. The van der Waals surface area contributed by atoms with Gasteiger partial charge in [0.15, 0.2) is 5.88 Å². The van der Waals surface area contributed by atoms with Crippen LogP contribution >= 0.6 is 15.9 Å². The van der Waals surface area contributed by atoms with E-state index < -0.39 is 0 Å². The number of benzene rings is 2. The van der Waals surface area contributed by atoms with Crippen molar-refractivity contribution in [2.24, 2.45) is 15.4 Å².